The Morgan fingerprint density at radius 2 is 1.88 bits per heavy atom. The minimum atomic E-state index is -0.277. The number of benzene rings is 2. The minimum absolute atomic E-state index is 0.137. The highest BCUT2D eigenvalue weighted by atomic mass is 19.1. The molecule has 0 saturated carbocycles. The summed E-state index contributed by atoms with van der Waals surface area (Å²) in [6.45, 7) is 1.34. The van der Waals surface area contributed by atoms with Crippen LogP contribution in [0.25, 0.3) is 0 Å². The van der Waals surface area contributed by atoms with Gasteiger partial charge in [0.15, 0.2) is 0 Å². The van der Waals surface area contributed by atoms with Gasteiger partial charge in [0.2, 0.25) is 5.91 Å². The first-order valence-electron chi connectivity index (χ1n) is 8.83. The molecule has 2 heterocycles. The van der Waals surface area contributed by atoms with Crippen molar-refractivity contribution in [2.45, 2.75) is 24.9 Å². The molecule has 0 aromatic heterocycles. The topological polar surface area (TPSA) is 44.4 Å². The molecule has 2 aliphatic heterocycles. The molecule has 130 valence electrons. The van der Waals surface area contributed by atoms with Crippen LogP contribution in [0.15, 0.2) is 54.6 Å². The van der Waals surface area contributed by atoms with Gasteiger partial charge in [0.1, 0.15) is 5.82 Å². The number of carbonyl (C=O) groups excluding carboxylic acids is 1. The van der Waals surface area contributed by atoms with Gasteiger partial charge in [-0.2, -0.15) is 0 Å². The number of rotatable bonds is 3. The number of hydrogen-bond acceptors (Lipinski definition) is 3. The molecule has 2 saturated heterocycles. The van der Waals surface area contributed by atoms with Gasteiger partial charge in [0, 0.05) is 13.1 Å². The third-order valence-corrected chi connectivity index (χ3v) is 5.23. The van der Waals surface area contributed by atoms with Gasteiger partial charge < -0.3 is 4.90 Å². The molecule has 25 heavy (non-hydrogen) atoms. The molecular weight excluding hydrogens is 317 g/mol. The summed E-state index contributed by atoms with van der Waals surface area (Å²) in [6, 6.07) is 16.6. The van der Waals surface area contributed by atoms with Crippen LogP contribution in [0.2, 0.25) is 0 Å². The van der Waals surface area contributed by atoms with Crippen molar-refractivity contribution in [2.75, 3.05) is 13.1 Å². The zero-order chi connectivity index (χ0) is 17.2. The van der Waals surface area contributed by atoms with Crippen LogP contribution in [0, 0.1) is 11.7 Å². The zero-order valence-electron chi connectivity index (χ0n) is 14.0. The molecule has 3 unspecified atom stereocenters. The van der Waals surface area contributed by atoms with E-state index in [0.29, 0.717) is 6.54 Å². The molecule has 2 aromatic carbocycles. The van der Waals surface area contributed by atoms with Crippen LogP contribution in [0.5, 0.6) is 0 Å². The quantitative estimate of drug-likeness (QED) is 0.904. The first-order chi connectivity index (χ1) is 12.2. The fourth-order valence-electron chi connectivity index (χ4n) is 4.01. The number of likely N-dealkylation sites (tertiary alicyclic amines) is 1. The number of nitrogens with one attached hydrogen (secondary N) is 2. The average Bonchev–Trinajstić information content (AvgIpc) is 3.31. The molecule has 4 nitrogen and oxygen atoms in total. The zero-order valence-corrected chi connectivity index (χ0v) is 14.0. The van der Waals surface area contributed by atoms with Crippen LogP contribution < -0.4 is 10.9 Å². The Balaban J connectivity index is 1.57. The van der Waals surface area contributed by atoms with E-state index >= 15 is 0 Å². The van der Waals surface area contributed by atoms with E-state index in [4.69, 9.17) is 0 Å². The molecule has 5 heteroatoms. The van der Waals surface area contributed by atoms with E-state index in [2.05, 4.69) is 23.0 Å². The maximum Gasteiger partial charge on any atom is 0.229 e. The molecular formula is C20H22FN3O. The lowest BCUT2D eigenvalue weighted by atomic mass is 9.93. The lowest BCUT2D eigenvalue weighted by Crippen LogP contribution is -2.38. The Labute approximate surface area is 147 Å². The number of nitrogens with zero attached hydrogens (tertiary/aromatic N) is 1. The summed E-state index contributed by atoms with van der Waals surface area (Å²) in [5.41, 5.74) is 8.22. The second-order valence-electron chi connectivity index (χ2n) is 6.76. The van der Waals surface area contributed by atoms with Crippen LogP contribution in [0.1, 0.15) is 36.1 Å². The lowest BCUT2D eigenvalue weighted by Gasteiger charge is -2.29. The highest BCUT2D eigenvalue weighted by Gasteiger charge is 2.40. The average molecular weight is 339 g/mol. The summed E-state index contributed by atoms with van der Waals surface area (Å²) in [5.74, 6) is -0.370. The monoisotopic (exact) mass is 339 g/mol. The van der Waals surface area contributed by atoms with Gasteiger partial charge in [-0.25, -0.2) is 9.82 Å². The lowest BCUT2D eigenvalue weighted by molar-refractivity contribution is -0.136. The van der Waals surface area contributed by atoms with Gasteiger partial charge in [-0.3, -0.25) is 10.2 Å². The van der Waals surface area contributed by atoms with E-state index < -0.39 is 0 Å². The van der Waals surface area contributed by atoms with Gasteiger partial charge in [0.25, 0.3) is 0 Å². The molecule has 1 amide bonds. The van der Waals surface area contributed by atoms with Crippen LogP contribution >= 0.6 is 0 Å². The van der Waals surface area contributed by atoms with Crippen molar-refractivity contribution in [3.8, 4) is 0 Å². The van der Waals surface area contributed by atoms with E-state index in [1.165, 1.54) is 17.7 Å². The number of carbonyl (C=O) groups is 1. The Morgan fingerprint density at radius 3 is 2.68 bits per heavy atom. The molecule has 0 radical (unpaired) electrons. The third-order valence-electron chi connectivity index (χ3n) is 5.23. The standard InChI is InChI=1S/C20H22FN3O/c21-16-9-4-8-15(12-16)19-17(13-22-23-19)20(25)24-11-5-10-18(24)14-6-2-1-3-7-14/h1-4,6-9,12,17-19,22-23H,5,10-11,13H2. The van der Waals surface area contributed by atoms with Crippen molar-refractivity contribution in [1.82, 2.24) is 15.8 Å². The van der Waals surface area contributed by atoms with Gasteiger partial charge in [-0.1, -0.05) is 42.5 Å². The molecule has 0 bridgehead atoms. The van der Waals surface area contributed by atoms with Crippen LogP contribution in [0.3, 0.4) is 0 Å². The predicted octanol–water partition coefficient (Wildman–Crippen LogP) is 2.95. The van der Waals surface area contributed by atoms with Gasteiger partial charge in [-0.05, 0) is 36.1 Å². The van der Waals surface area contributed by atoms with Crippen LogP contribution in [-0.4, -0.2) is 23.9 Å². The molecule has 2 fully saturated rings. The predicted molar refractivity (Wildman–Crippen MR) is 93.9 cm³/mol. The van der Waals surface area contributed by atoms with Crippen molar-refractivity contribution in [3.05, 3.63) is 71.5 Å². The summed E-state index contributed by atoms with van der Waals surface area (Å²) in [4.78, 5) is 15.3. The Hall–Kier alpha value is -2.24. The number of hydrogen-bond donors (Lipinski definition) is 2. The minimum Gasteiger partial charge on any atom is -0.335 e. The second kappa shape index (κ2) is 6.94. The fourth-order valence-corrected chi connectivity index (χ4v) is 4.01. The summed E-state index contributed by atoms with van der Waals surface area (Å²) in [6.07, 6.45) is 2.01. The molecule has 3 atom stereocenters. The number of hydrazine groups is 1. The molecule has 2 aliphatic rings. The summed E-state index contributed by atoms with van der Waals surface area (Å²) >= 11 is 0. The molecule has 2 N–H and O–H groups in total. The van der Waals surface area contributed by atoms with Crippen LogP contribution in [0.4, 0.5) is 4.39 Å². The van der Waals surface area contributed by atoms with Gasteiger partial charge in [-0.15, -0.1) is 0 Å². The van der Waals surface area contributed by atoms with E-state index in [1.54, 1.807) is 6.07 Å². The van der Waals surface area contributed by atoms with Crippen molar-refractivity contribution in [2.24, 2.45) is 5.92 Å². The van der Waals surface area contributed by atoms with E-state index in [1.807, 2.05) is 29.2 Å². The summed E-state index contributed by atoms with van der Waals surface area (Å²) in [7, 11) is 0. The maximum atomic E-state index is 13.6. The van der Waals surface area contributed by atoms with Crippen molar-refractivity contribution in [1.29, 1.82) is 0 Å². The molecule has 0 spiro atoms. The SMILES string of the molecule is O=C(C1CNNC1c1cccc(F)c1)N1CCCC1c1ccccc1. The molecule has 2 aromatic rings. The molecule has 4 rings (SSSR count). The van der Waals surface area contributed by atoms with Crippen molar-refractivity contribution < 1.29 is 9.18 Å². The van der Waals surface area contributed by atoms with E-state index in [9.17, 15) is 9.18 Å². The number of halogens is 1. The highest BCUT2D eigenvalue weighted by molar-refractivity contribution is 5.81. The first-order valence-corrected chi connectivity index (χ1v) is 8.83. The van der Waals surface area contributed by atoms with Gasteiger partial charge in [0.05, 0.1) is 18.0 Å². The van der Waals surface area contributed by atoms with Gasteiger partial charge >= 0.3 is 0 Å². The van der Waals surface area contributed by atoms with Crippen molar-refractivity contribution >= 4 is 5.91 Å². The second-order valence-corrected chi connectivity index (χ2v) is 6.76. The normalized spacial score (nSPS) is 26.1. The van der Waals surface area contributed by atoms with E-state index in [0.717, 1.165) is 24.9 Å². The third kappa shape index (κ3) is 3.17. The van der Waals surface area contributed by atoms with Crippen LogP contribution in [-0.2, 0) is 4.79 Å². The Morgan fingerprint density at radius 1 is 1.08 bits per heavy atom. The Kier molecular flexibility index (Phi) is 4.51. The maximum absolute atomic E-state index is 13.6. The largest absolute Gasteiger partial charge is 0.335 e. The number of amides is 1. The van der Waals surface area contributed by atoms with Crippen molar-refractivity contribution in [3.63, 3.8) is 0 Å². The summed E-state index contributed by atoms with van der Waals surface area (Å²) in [5, 5.41) is 0. The molecule has 0 aliphatic carbocycles. The van der Waals surface area contributed by atoms with E-state index in [-0.39, 0.29) is 29.7 Å². The summed E-state index contributed by atoms with van der Waals surface area (Å²) < 4.78 is 13.6. The smallest absolute Gasteiger partial charge is 0.229 e. The fraction of sp³-hybridized carbons (Fsp3) is 0.350. The first kappa shape index (κ1) is 16.2. The Bertz CT molecular complexity index is 752. The highest BCUT2D eigenvalue weighted by Crippen LogP contribution is 2.35.